The molecule has 124 valence electrons. The first-order chi connectivity index (χ1) is 10.7. The van der Waals surface area contributed by atoms with Crippen molar-refractivity contribution in [2.24, 2.45) is 0 Å². The monoisotopic (exact) mass is 344 g/mol. The zero-order chi connectivity index (χ0) is 17.2. The van der Waals surface area contributed by atoms with Gasteiger partial charge in [-0.3, -0.25) is 0 Å². The Kier molecular flexibility index (Phi) is 4.99. The van der Waals surface area contributed by atoms with E-state index in [1.165, 1.54) is 4.90 Å². The van der Waals surface area contributed by atoms with Gasteiger partial charge in [-0.1, -0.05) is 41.9 Å². The highest BCUT2D eigenvalue weighted by atomic mass is 35.5. The third-order valence-electron chi connectivity index (χ3n) is 3.16. The predicted molar refractivity (Wildman–Crippen MR) is 84.9 cm³/mol. The third-order valence-corrected chi connectivity index (χ3v) is 3.52. The summed E-state index contributed by atoms with van der Waals surface area (Å²) >= 11 is 5.88. The van der Waals surface area contributed by atoms with E-state index in [9.17, 15) is 13.2 Å². The van der Waals surface area contributed by atoms with E-state index in [2.05, 4.69) is 15.3 Å². The van der Waals surface area contributed by atoms with E-state index in [1.807, 2.05) is 37.3 Å². The van der Waals surface area contributed by atoms with Crippen molar-refractivity contribution >= 4 is 23.4 Å². The van der Waals surface area contributed by atoms with Crippen LogP contribution in [0.2, 0.25) is 5.02 Å². The second kappa shape index (κ2) is 6.62. The molecule has 8 heteroatoms. The van der Waals surface area contributed by atoms with Gasteiger partial charge >= 0.3 is 6.18 Å². The Labute approximate surface area is 137 Å². The number of anilines is 2. The van der Waals surface area contributed by atoms with E-state index in [0.29, 0.717) is 0 Å². The Balaban J connectivity index is 2.43. The van der Waals surface area contributed by atoms with Crippen LogP contribution in [0.4, 0.5) is 24.9 Å². The lowest BCUT2D eigenvalue weighted by Gasteiger charge is -2.20. The van der Waals surface area contributed by atoms with Gasteiger partial charge in [0.2, 0.25) is 5.95 Å². The van der Waals surface area contributed by atoms with Crippen LogP contribution in [0.1, 0.15) is 24.2 Å². The van der Waals surface area contributed by atoms with Gasteiger partial charge in [0.05, 0.1) is 0 Å². The van der Waals surface area contributed by atoms with Crippen LogP contribution in [0.3, 0.4) is 0 Å². The molecule has 1 unspecified atom stereocenters. The zero-order valence-corrected chi connectivity index (χ0v) is 13.6. The molecule has 1 aromatic carbocycles. The van der Waals surface area contributed by atoms with Gasteiger partial charge in [0.25, 0.3) is 0 Å². The first-order valence-corrected chi connectivity index (χ1v) is 7.21. The van der Waals surface area contributed by atoms with Crippen molar-refractivity contribution < 1.29 is 13.2 Å². The summed E-state index contributed by atoms with van der Waals surface area (Å²) in [5.74, 6) is -0.112. The lowest BCUT2D eigenvalue weighted by Crippen LogP contribution is -2.20. The van der Waals surface area contributed by atoms with E-state index in [0.717, 1.165) is 5.56 Å². The van der Waals surface area contributed by atoms with Gasteiger partial charge in [-0.05, 0) is 12.5 Å². The second-order valence-electron chi connectivity index (χ2n) is 5.20. The number of rotatable bonds is 4. The fourth-order valence-corrected chi connectivity index (χ4v) is 2.20. The van der Waals surface area contributed by atoms with Gasteiger partial charge in [0.1, 0.15) is 5.02 Å². The van der Waals surface area contributed by atoms with Crippen molar-refractivity contribution in [3.05, 3.63) is 46.6 Å². The molecule has 0 bridgehead atoms. The Morgan fingerprint density at radius 2 is 1.74 bits per heavy atom. The SMILES string of the molecule is CC(Nc1nc(N(C)C)nc(C(F)(F)F)c1Cl)c1ccccc1. The Morgan fingerprint density at radius 1 is 1.13 bits per heavy atom. The van der Waals surface area contributed by atoms with Crippen molar-refractivity contribution in [3.63, 3.8) is 0 Å². The van der Waals surface area contributed by atoms with Crippen molar-refractivity contribution in [3.8, 4) is 0 Å². The molecule has 2 rings (SSSR count). The fraction of sp³-hybridized carbons (Fsp3) is 0.333. The molecule has 23 heavy (non-hydrogen) atoms. The summed E-state index contributed by atoms with van der Waals surface area (Å²) in [6.07, 6.45) is -4.66. The van der Waals surface area contributed by atoms with E-state index < -0.39 is 16.9 Å². The molecular weight excluding hydrogens is 329 g/mol. The summed E-state index contributed by atoms with van der Waals surface area (Å²) in [5, 5.41) is 2.39. The number of nitrogens with one attached hydrogen (secondary N) is 1. The molecule has 0 radical (unpaired) electrons. The standard InChI is InChI=1S/C15H16ClF3N4/c1-9(10-7-5-4-6-8-10)20-13-11(16)12(15(17,18)19)21-14(22-13)23(2)3/h4-9H,1-3H3,(H,20,21,22). The molecule has 1 atom stereocenters. The van der Waals surface area contributed by atoms with Gasteiger partial charge in [0.15, 0.2) is 11.5 Å². The fourth-order valence-electron chi connectivity index (χ4n) is 1.95. The summed E-state index contributed by atoms with van der Waals surface area (Å²) in [5.41, 5.74) is -0.247. The van der Waals surface area contributed by atoms with Crippen LogP contribution in [0, 0.1) is 0 Å². The number of alkyl halides is 3. The first kappa shape index (κ1) is 17.3. The van der Waals surface area contributed by atoms with Crippen molar-refractivity contribution in [1.29, 1.82) is 0 Å². The zero-order valence-electron chi connectivity index (χ0n) is 12.8. The van der Waals surface area contributed by atoms with E-state index >= 15 is 0 Å². The highest BCUT2D eigenvalue weighted by Gasteiger charge is 2.37. The topological polar surface area (TPSA) is 41.1 Å². The van der Waals surface area contributed by atoms with Crippen LogP contribution in [-0.4, -0.2) is 24.1 Å². The van der Waals surface area contributed by atoms with E-state index in [4.69, 9.17) is 11.6 Å². The largest absolute Gasteiger partial charge is 0.435 e. The first-order valence-electron chi connectivity index (χ1n) is 6.83. The quantitative estimate of drug-likeness (QED) is 0.893. The lowest BCUT2D eigenvalue weighted by atomic mass is 10.1. The Hall–Kier alpha value is -2.02. The molecule has 0 saturated carbocycles. The minimum absolute atomic E-state index is 0.0472. The molecule has 0 aliphatic heterocycles. The van der Waals surface area contributed by atoms with Gasteiger partial charge in [0, 0.05) is 20.1 Å². The molecule has 1 N–H and O–H groups in total. The van der Waals surface area contributed by atoms with Gasteiger partial charge < -0.3 is 10.2 Å². The summed E-state index contributed by atoms with van der Waals surface area (Å²) in [6.45, 7) is 1.82. The van der Waals surface area contributed by atoms with Crippen LogP contribution in [0.5, 0.6) is 0 Å². The molecule has 1 aromatic heterocycles. The number of aromatic nitrogens is 2. The Bertz CT molecular complexity index is 674. The smallest absolute Gasteiger partial charge is 0.362 e. The molecule has 0 aliphatic rings. The third kappa shape index (κ3) is 4.04. The summed E-state index contributed by atoms with van der Waals surface area (Å²) in [4.78, 5) is 8.98. The predicted octanol–water partition coefficient (Wildman–Crippen LogP) is 4.39. The number of hydrogen-bond donors (Lipinski definition) is 1. The molecule has 0 spiro atoms. The highest BCUT2D eigenvalue weighted by Crippen LogP contribution is 2.38. The van der Waals surface area contributed by atoms with Crippen LogP contribution in [0.25, 0.3) is 0 Å². The highest BCUT2D eigenvalue weighted by molar-refractivity contribution is 6.33. The number of hydrogen-bond acceptors (Lipinski definition) is 4. The molecule has 0 aliphatic carbocycles. The lowest BCUT2D eigenvalue weighted by molar-refractivity contribution is -0.141. The van der Waals surface area contributed by atoms with Crippen LogP contribution in [0.15, 0.2) is 30.3 Å². The van der Waals surface area contributed by atoms with Gasteiger partial charge in [-0.25, -0.2) is 4.98 Å². The molecule has 4 nitrogen and oxygen atoms in total. The van der Waals surface area contributed by atoms with E-state index in [-0.39, 0.29) is 17.8 Å². The van der Waals surface area contributed by atoms with Crippen LogP contribution < -0.4 is 10.2 Å². The molecule has 1 heterocycles. The maximum Gasteiger partial charge on any atom is 0.435 e. The summed E-state index contributed by atoms with van der Waals surface area (Å²) in [7, 11) is 3.13. The van der Waals surface area contributed by atoms with E-state index in [1.54, 1.807) is 14.1 Å². The average molecular weight is 345 g/mol. The summed E-state index contributed by atoms with van der Waals surface area (Å²) in [6, 6.07) is 9.02. The van der Waals surface area contributed by atoms with Crippen molar-refractivity contribution in [1.82, 2.24) is 9.97 Å². The van der Waals surface area contributed by atoms with Gasteiger partial charge in [-0.2, -0.15) is 18.2 Å². The maximum absolute atomic E-state index is 13.1. The molecule has 0 fully saturated rings. The molecule has 0 saturated heterocycles. The number of benzene rings is 1. The minimum atomic E-state index is -4.66. The van der Waals surface area contributed by atoms with Crippen LogP contribution in [-0.2, 0) is 6.18 Å². The Morgan fingerprint density at radius 3 is 2.26 bits per heavy atom. The average Bonchev–Trinajstić information content (AvgIpc) is 2.48. The van der Waals surface area contributed by atoms with Crippen LogP contribution >= 0.6 is 11.6 Å². The molecule has 2 aromatic rings. The normalized spacial score (nSPS) is 12.8. The number of halogens is 4. The van der Waals surface area contributed by atoms with Crippen molar-refractivity contribution in [2.75, 3.05) is 24.3 Å². The minimum Gasteiger partial charge on any atom is -0.362 e. The second-order valence-corrected chi connectivity index (χ2v) is 5.58. The number of nitrogens with zero attached hydrogens (tertiary/aromatic N) is 3. The molecular formula is C15H16ClF3N4. The summed E-state index contributed by atoms with van der Waals surface area (Å²) < 4.78 is 39.3. The maximum atomic E-state index is 13.1. The van der Waals surface area contributed by atoms with Crippen molar-refractivity contribution in [2.45, 2.75) is 19.1 Å². The van der Waals surface area contributed by atoms with Gasteiger partial charge in [-0.15, -0.1) is 0 Å². The molecule has 0 amide bonds.